The van der Waals surface area contributed by atoms with Gasteiger partial charge in [0, 0.05) is 0 Å². The largest absolute Gasteiger partial charge is 0.363 e. The summed E-state index contributed by atoms with van der Waals surface area (Å²) in [6, 6.07) is 19.4. The van der Waals surface area contributed by atoms with Crippen LogP contribution in [-0.4, -0.2) is 21.7 Å². The molecule has 1 unspecified atom stereocenters. The smallest absolute Gasteiger partial charge is 0.339 e. The lowest BCUT2D eigenvalue weighted by atomic mass is 9.89. The molecule has 0 bridgehead atoms. The van der Waals surface area contributed by atoms with Crippen LogP contribution in [0.15, 0.2) is 66.9 Å². The molecule has 7 heteroatoms. The van der Waals surface area contributed by atoms with E-state index in [1.807, 2.05) is 53.2 Å². The first-order valence-electron chi connectivity index (χ1n) is 10.3. The van der Waals surface area contributed by atoms with Gasteiger partial charge in [-0.15, -0.1) is 0 Å². The Morgan fingerprint density at radius 2 is 1.77 bits per heavy atom. The van der Waals surface area contributed by atoms with E-state index < -0.39 is 17.8 Å². The topological polar surface area (TPSA) is 85.2 Å². The standard InChI is InChI=1S/C24H26N4O3/c1-16(17-10-6-4-7-11-17)23(30)31-27-22(29)19-15-25-28-21(19)26-20(14-24(28,2)3)18-12-8-5-9-13-18/h4-13,15-16,20,26H,14H2,1-3H3,(H,27,29)/t16-,20?/m1/s1. The molecule has 160 valence electrons. The Kier molecular flexibility index (Phi) is 5.50. The van der Waals surface area contributed by atoms with Crippen molar-refractivity contribution in [3.63, 3.8) is 0 Å². The minimum absolute atomic E-state index is 0.0348. The van der Waals surface area contributed by atoms with E-state index in [1.54, 1.807) is 6.92 Å². The highest BCUT2D eigenvalue weighted by Crippen LogP contribution is 2.39. The van der Waals surface area contributed by atoms with Crippen LogP contribution in [0.3, 0.4) is 0 Å². The highest BCUT2D eigenvalue weighted by atomic mass is 16.7. The number of anilines is 1. The number of hydrogen-bond acceptors (Lipinski definition) is 5. The second-order valence-corrected chi connectivity index (χ2v) is 8.43. The Bertz CT molecular complexity index is 1080. The summed E-state index contributed by atoms with van der Waals surface area (Å²) in [5.41, 5.74) is 4.27. The molecule has 1 aromatic heterocycles. The maximum atomic E-state index is 12.8. The molecule has 0 fully saturated rings. The number of hydroxylamine groups is 1. The molecule has 7 nitrogen and oxygen atoms in total. The van der Waals surface area contributed by atoms with Gasteiger partial charge in [-0.3, -0.25) is 4.79 Å². The van der Waals surface area contributed by atoms with Crippen molar-refractivity contribution in [2.45, 2.75) is 44.7 Å². The van der Waals surface area contributed by atoms with E-state index >= 15 is 0 Å². The molecule has 0 saturated carbocycles. The van der Waals surface area contributed by atoms with Crippen molar-refractivity contribution in [3.05, 3.63) is 83.6 Å². The van der Waals surface area contributed by atoms with Gasteiger partial charge >= 0.3 is 5.97 Å². The number of amides is 1. The molecule has 1 amide bonds. The van der Waals surface area contributed by atoms with Gasteiger partial charge in [0.15, 0.2) is 0 Å². The molecule has 2 heterocycles. The van der Waals surface area contributed by atoms with E-state index in [-0.39, 0.29) is 11.6 Å². The van der Waals surface area contributed by atoms with Crippen molar-refractivity contribution in [3.8, 4) is 0 Å². The zero-order chi connectivity index (χ0) is 22.0. The summed E-state index contributed by atoms with van der Waals surface area (Å²) in [6.45, 7) is 5.91. The number of nitrogens with zero attached hydrogens (tertiary/aromatic N) is 2. The van der Waals surface area contributed by atoms with Gasteiger partial charge in [0.2, 0.25) is 0 Å². The number of rotatable bonds is 4. The van der Waals surface area contributed by atoms with Gasteiger partial charge in [0.25, 0.3) is 5.91 Å². The van der Waals surface area contributed by atoms with Crippen LogP contribution in [0.25, 0.3) is 0 Å². The fraction of sp³-hybridized carbons (Fsp3) is 0.292. The molecular formula is C24H26N4O3. The Morgan fingerprint density at radius 1 is 1.13 bits per heavy atom. The second kappa shape index (κ2) is 8.26. The number of fused-ring (bicyclic) bond motifs is 1. The maximum absolute atomic E-state index is 12.8. The maximum Gasteiger partial charge on any atom is 0.339 e. The lowest BCUT2D eigenvalue weighted by Crippen LogP contribution is -2.38. The van der Waals surface area contributed by atoms with Crippen LogP contribution in [0, 0.1) is 0 Å². The molecule has 1 aliphatic rings. The Labute approximate surface area is 181 Å². The highest BCUT2D eigenvalue weighted by Gasteiger charge is 2.36. The van der Waals surface area contributed by atoms with E-state index in [2.05, 4.69) is 41.9 Å². The molecule has 1 aliphatic heterocycles. The van der Waals surface area contributed by atoms with Crippen LogP contribution < -0.4 is 10.8 Å². The Hall–Kier alpha value is -3.61. The molecule has 2 atom stereocenters. The lowest BCUT2D eigenvalue weighted by molar-refractivity contribution is -0.150. The monoisotopic (exact) mass is 418 g/mol. The normalized spacial score (nSPS) is 17.7. The van der Waals surface area contributed by atoms with Crippen molar-refractivity contribution >= 4 is 17.7 Å². The number of aromatic nitrogens is 2. The predicted molar refractivity (Wildman–Crippen MR) is 117 cm³/mol. The first-order valence-corrected chi connectivity index (χ1v) is 10.3. The average Bonchev–Trinajstić information content (AvgIpc) is 3.23. The minimum atomic E-state index is -0.531. The zero-order valence-electron chi connectivity index (χ0n) is 17.8. The van der Waals surface area contributed by atoms with Gasteiger partial charge in [-0.05, 0) is 38.3 Å². The molecular weight excluding hydrogens is 392 g/mol. The summed E-state index contributed by atoms with van der Waals surface area (Å²) in [4.78, 5) is 30.3. The Balaban J connectivity index is 1.49. The van der Waals surface area contributed by atoms with Gasteiger partial charge in [0.1, 0.15) is 11.4 Å². The van der Waals surface area contributed by atoms with E-state index in [9.17, 15) is 9.59 Å². The third kappa shape index (κ3) is 4.17. The minimum Gasteiger partial charge on any atom is -0.363 e. The molecule has 4 rings (SSSR count). The van der Waals surface area contributed by atoms with Crippen molar-refractivity contribution < 1.29 is 14.4 Å². The first kappa shape index (κ1) is 20.7. The zero-order valence-corrected chi connectivity index (χ0v) is 17.8. The van der Waals surface area contributed by atoms with E-state index in [0.717, 1.165) is 17.5 Å². The molecule has 31 heavy (non-hydrogen) atoms. The average molecular weight is 418 g/mol. The number of nitrogens with one attached hydrogen (secondary N) is 2. The molecule has 0 radical (unpaired) electrons. The molecule has 0 saturated heterocycles. The molecule has 2 N–H and O–H groups in total. The highest BCUT2D eigenvalue weighted by molar-refractivity contribution is 5.99. The molecule has 0 aliphatic carbocycles. The first-order chi connectivity index (χ1) is 14.9. The van der Waals surface area contributed by atoms with Crippen molar-refractivity contribution in [2.75, 3.05) is 5.32 Å². The third-order valence-corrected chi connectivity index (χ3v) is 5.70. The second-order valence-electron chi connectivity index (χ2n) is 8.43. The lowest BCUT2D eigenvalue weighted by Gasteiger charge is -2.38. The third-order valence-electron chi connectivity index (χ3n) is 5.70. The van der Waals surface area contributed by atoms with E-state index in [1.165, 1.54) is 6.20 Å². The van der Waals surface area contributed by atoms with E-state index in [0.29, 0.717) is 11.4 Å². The summed E-state index contributed by atoms with van der Waals surface area (Å²) in [6.07, 6.45) is 2.32. The molecule has 3 aromatic rings. The fourth-order valence-corrected chi connectivity index (χ4v) is 3.92. The van der Waals surface area contributed by atoms with Gasteiger partial charge in [-0.2, -0.15) is 10.6 Å². The number of carbonyl (C=O) groups is 2. The van der Waals surface area contributed by atoms with Crippen LogP contribution in [-0.2, 0) is 15.2 Å². The predicted octanol–water partition coefficient (Wildman–Crippen LogP) is 4.17. The summed E-state index contributed by atoms with van der Waals surface area (Å²) in [7, 11) is 0. The fourth-order valence-electron chi connectivity index (χ4n) is 3.92. The van der Waals surface area contributed by atoms with Crippen LogP contribution >= 0.6 is 0 Å². The van der Waals surface area contributed by atoms with E-state index in [4.69, 9.17) is 4.84 Å². The van der Waals surface area contributed by atoms with Crippen LogP contribution in [0.1, 0.15) is 60.6 Å². The van der Waals surface area contributed by atoms with Gasteiger partial charge in [-0.1, -0.05) is 60.7 Å². The van der Waals surface area contributed by atoms with Gasteiger partial charge in [-0.25, -0.2) is 9.48 Å². The number of carbonyl (C=O) groups excluding carboxylic acids is 2. The quantitative estimate of drug-likeness (QED) is 0.621. The SMILES string of the molecule is C[C@@H](C(=O)ONC(=O)c1cnn2c1NC(c1ccccc1)CC2(C)C)c1ccccc1. The molecule has 2 aromatic carbocycles. The van der Waals surface area contributed by atoms with Crippen LogP contribution in [0.4, 0.5) is 5.82 Å². The van der Waals surface area contributed by atoms with Crippen LogP contribution in [0.2, 0.25) is 0 Å². The summed E-state index contributed by atoms with van der Waals surface area (Å²) in [5, 5.41) is 7.86. The van der Waals surface area contributed by atoms with Crippen LogP contribution in [0.5, 0.6) is 0 Å². The summed E-state index contributed by atoms with van der Waals surface area (Å²) in [5.74, 6) is -0.945. The van der Waals surface area contributed by atoms with Crippen molar-refractivity contribution in [2.24, 2.45) is 0 Å². The van der Waals surface area contributed by atoms with Crippen molar-refractivity contribution in [1.29, 1.82) is 0 Å². The summed E-state index contributed by atoms with van der Waals surface area (Å²) < 4.78 is 1.82. The summed E-state index contributed by atoms with van der Waals surface area (Å²) >= 11 is 0. The van der Waals surface area contributed by atoms with Gasteiger partial charge in [0.05, 0.1) is 23.7 Å². The Morgan fingerprint density at radius 3 is 2.45 bits per heavy atom. The number of hydrogen-bond donors (Lipinski definition) is 2. The molecule has 0 spiro atoms. The van der Waals surface area contributed by atoms with Gasteiger partial charge < -0.3 is 10.2 Å². The van der Waals surface area contributed by atoms with Crippen molar-refractivity contribution in [1.82, 2.24) is 15.3 Å². The number of benzene rings is 2.